The van der Waals surface area contributed by atoms with Crippen molar-refractivity contribution in [2.75, 3.05) is 12.9 Å². The monoisotopic (exact) mass is 368 g/mol. The Hall–Kier alpha value is -1.07. The largest absolute Gasteiger partial charge is 0.469 e. The number of hydrogen-bond donors (Lipinski definition) is 1. The van der Waals surface area contributed by atoms with Crippen LogP contribution in [-0.2, 0) is 14.3 Å². The molecule has 142 valence electrons. The van der Waals surface area contributed by atoms with Crippen molar-refractivity contribution in [3.8, 4) is 0 Å². The number of carbonyl (C=O) groups excluding carboxylic acids is 2. The van der Waals surface area contributed by atoms with Crippen LogP contribution >= 0.6 is 11.8 Å². The predicted molar refractivity (Wildman–Crippen MR) is 104 cm³/mol. The fourth-order valence-corrected chi connectivity index (χ4v) is 4.07. The van der Waals surface area contributed by atoms with Crippen molar-refractivity contribution in [1.82, 2.24) is 0 Å². The number of carbonyl (C=O) groups is 2. The molecule has 0 fully saturated rings. The van der Waals surface area contributed by atoms with Crippen LogP contribution in [0.5, 0.6) is 0 Å². The first-order valence-electron chi connectivity index (χ1n) is 9.32. The highest BCUT2D eigenvalue weighted by Gasteiger charge is 2.29. The molecule has 4 nitrogen and oxygen atoms in total. The van der Waals surface area contributed by atoms with Gasteiger partial charge in [0.15, 0.2) is 5.78 Å². The van der Waals surface area contributed by atoms with E-state index in [1.807, 2.05) is 18.2 Å². The number of aliphatic hydroxyl groups excluding tert-OH is 1. The van der Waals surface area contributed by atoms with Gasteiger partial charge in [-0.1, -0.05) is 44.4 Å². The lowest BCUT2D eigenvalue weighted by atomic mass is 10.0. The Morgan fingerprint density at radius 3 is 2.88 bits per heavy atom. The third-order valence-electron chi connectivity index (χ3n) is 4.37. The number of allylic oxidation sites excluding steroid dienone is 3. The summed E-state index contributed by atoms with van der Waals surface area (Å²) in [5.41, 5.74) is 0. The van der Waals surface area contributed by atoms with Crippen LogP contribution in [0.2, 0.25) is 0 Å². The molecule has 0 aromatic carbocycles. The van der Waals surface area contributed by atoms with Gasteiger partial charge >= 0.3 is 5.97 Å². The molecule has 0 radical (unpaired) electrons. The highest BCUT2D eigenvalue weighted by atomic mass is 32.2. The van der Waals surface area contributed by atoms with E-state index < -0.39 is 0 Å². The number of rotatable bonds is 13. The molecule has 0 heterocycles. The molecule has 0 aliphatic heterocycles. The Morgan fingerprint density at radius 2 is 2.16 bits per heavy atom. The number of ether oxygens (including phenoxy) is 1. The summed E-state index contributed by atoms with van der Waals surface area (Å²) >= 11 is 1.68. The summed E-state index contributed by atoms with van der Waals surface area (Å²) in [5, 5.41) is 10.2. The average Bonchev–Trinajstić information content (AvgIpc) is 2.96. The quantitative estimate of drug-likeness (QED) is 0.301. The van der Waals surface area contributed by atoms with Crippen LogP contribution in [0.3, 0.4) is 0 Å². The molecule has 0 spiro atoms. The average molecular weight is 369 g/mol. The third-order valence-corrected chi connectivity index (χ3v) is 5.82. The molecule has 0 amide bonds. The summed E-state index contributed by atoms with van der Waals surface area (Å²) in [6, 6.07) is 0. The lowest BCUT2D eigenvalue weighted by Crippen LogP contribution is -2.20. The molecule has 25 heavy (non-hydrogen) atoms. The van der Waals surface area contributed by atoms with E-state index in [-0.39, 0.29) is 29.0 Å². The van der Waals surface area contributed by atoms with E-state index in [2.05, 4.69) is 11.7 Å². The van der Waals surface area contributed by atoms with E-state index in [0.717, 1.165) is 38.5 Å². The first-order chi connectivity index (χ1) is 12.1. The van der Waals surface area contributed by atoms with E-state index in [1.165, 1.54) is 7.11 Å². The second kappa shape index (κ2) is 13.2. The van der Waals surface area contributed by atoms with Crippen molar-refractivity contribution in [2.45, 2.75) is 69.6 Å². The van der Waals surface area contributed by atoms with E-state index >= 15 is 0 Å². The summed E-state index contributed by atoms with van der Waals surface area (Å²) in [7, 11) is 1.40. The van der Waals surface area contributed by atoms with Crippen LogP contribution < -0.4 is 0 Å². The van der Waals surface area contributed by atoms with Crippen molar-refractivity contribution >= 4 is 23.5 Å². The standard InChI is InChI=1S/C20H32O4S/c1-3-4-7-10-16(21)15-25-19-14-13-18(22)17(19)11-8-5-6-9-12-20(23)24-2/h5,8,13-14,16-17,19,21H,3-4,6-7,9-12,15H2,1-2H3/b8-5-. The van der Waals surface area contributed by atoms with Crippen LogP contribution in [0.25, 0.3) is 0 Å². The number of esters is 1. The smallest absolute Gasteiger partial charge is 0.305 e. The lowest BCUT2D eigenvalue weighted by molar-refractivity contribution is -0.140. The van der Waals surface area contributed by atoms with Crippen molar-refractivity contribution in [3.63, 3.8) is 0 Å². The van der Waals surface area contributed by atoms with Gasteiger partial charge in [-0.25, -0.2) is 0 Å². The second-order valence-corrected chi connectivity index (χ2v) is 7.70. The number of ketones is 1. The van der Waals surface area contributed by atoms with Gasteiger partial charge in [0.1, 0.15) is 0 Å². The lowest BCUT2D eigenvalue weighted by Gasteiger charge is -2.18. The maximum atomic E-state index is 12.0. The Balaban J connectivity index is 2.27. The van der Waals surface area contributed by atoms with Gasteiger partial charge in [-0.3, -0.25) is 9.59 Å². The minimum Gasteiger partial charge on any atom is -0.469 e. The van der Waals surface area contributed by atoms with E-state index in [9.17, 15) is 14.7 Å². The van der Waals surface area contributed by atoms with Crippen molar-refractivity contribution < 1.29 is 19.4 Å². The fourth-order valence-electron chi connectivity index (χ4n) is 2.79. The third kappa shape index (κ3) is 9.26. The number of aliphatic hydroxyl groups is 1. The topological polar surface area (TPSA) is 63.6 Å². The summed E-state index contributed by atoms with van der Waals surface area (Å²) < 4.78 is 4.60. The Kier molecular flexibility index (Phi) is 11.6. The minimum absolute atomic E-state index is 0.0234. The van der Waals surface area contributed by atoms with E-state index in [4.69, 9.17) is 0 Å². The Morgan fingerprint density at radius 1 is 1.36 bits per heavy atom. The molecule has 0 saturated carbocycles. The van der Waals surface area contributed by atoms with Gasteiger partial charge in [-0.15, -0.1) is 0 Å². The van der Waals surface area contributed by atoms with Crippen molar-refractivity contribution in [3.05, 3.63) is 24.3 Å². The zero-order chi connectivity index (χ0) is 18.5. The van der Waals surface area contributed by atoms with Crippen molar-refractivity contribution in [1.29, 1.82) is 0 Å². The normalized spacial score (nSPS) is 21.2. The molecule has 1 rings (SSSR count). The summed E-state index contributed by atoms with van der Waals surface area (Å²) in [6.45, 7) is 2.16. The molecule has 5 heteroatoms. The van der Waals surface area contributed by atoms with Gasteiger partial charge < -0.3 is 9.84 Å². The predicted octanol–water partition coefficient (Wildman–Crippen LogP) is 4.07. The maximum Gasteiger partial charge on any atom is 0.305 e. The molecule has 1 aliphatic carbocycles. The van der Waals surface area contributed by atoms with Crippen LogP contribution in [0.15, 0.2) is 24.3 Å². The van der Waals surface area contributed by atoms with Crippen LogP contribution in [-0.4, -0.2) is 41.1 Å². The van der Waals surface area contributed by atoms with Gasteiger partial charge in [0.05, 0.1) is 13.2 Å². The van der Waals surface area contributed by atoms with Crippen molar-refractivity contribution in [2.24, 2.45) is 5.92 Å². The molecule has 0 aromatic rings. The Bertz CT molecular complexity index is 459. The summed E-state index contributed by atoms with van der Waals surface area (Å²) in [6.07, 6.45) is 14.4. The first kappa shape index (κ1) is 22.0. The van der Waals surface area contributed by atoms with E-state index in [0.29, 0.717) is 18.6 Å². The number of unbranched alkanes of at least 4 members (excludes halogenated alkanes) is 3. The number of thioether (sulfide) groups is 1. The van der Waals surface area contributed by atoms with Crippen LogP contribution in [0, 0.1) is 5.92 Å². The zero-order valence-corrected chi connectivity index (χ0v) is 16.3. The van der Waals surface area contributed by atoms with Crippen LogP contribution in [0.1, 0.15) is 58.3 Å². The first-order valence-corrected chi connectivity index (χ1v) is 10.4. The fraction of sp³-hybridized carbons (Fsp3) is 0.700. The molecular weight excluding hydrogens is 336 g/mol. The molecule has 3 unspecified atom stereocenters. The van der Waals surface area contributed by atoms with E-state index in [1.54, 1.807) is 17.8 Å². The van der Waals surface area contributed by atoms with Gasteiger partial charge in [0.25, 0.3) is 0 Å². The molecule has 0 aromatic heterocycles. The number of hydrogen-bond acceptors (Lipinski definition) is 5. The molecule has 1 N–H and O–H groups in total. The highest BCUT2D eigenvalue weighted by Crippen LogP contribution is 2.31. The number of methoxy groups -OCH3 is 1. The second-order valence-electron chi connectivity index (χ2n) is 6.49. The Labute approximate surface area is 156 Å². The maximum absolute atomic E-state index is 12.0. The minimum atomic E-state index is -0.282. The highest BCUT2D eigenvalue weighted by molar-refractivity contribution is 8.00. The summed E-state index contributed by atoms with van der Waals surface area (Å²) in [4.78, 5) is 23.1. The van der Waals surface area contributed by atoms with Crippen LogP contribution in [0.4, 0.5) is 0 Å². The molecule has 3 atom stereocenters. The molecule has 1 aliphatic rings. The molecular formula is C20H32O4S. The van der Waals surface area contributed by atoms with Gasteiger partial charge in [0.2, 0.25) is 0 Å². The van der Waals surface area contributed by atoms with Gasteiger partial charge in [-0.2, -0.15) is 11.8 Å². The van der Waals surface area contributed by atoms with Gasteiger partial charge in [0, 0.05) is 23.3 Å². The zero-order valence-electron chi connectivity index (χ0n) is 15.5. The molecule has 0 saturated heterocycles. The summed E-state index contributed by atoms with van der Waals surface area (Å²) in [5.74, 6) is 0.658. The SMILES string of the molecule is CCCCCC(O)CSC1C=CC(=O)C1C/C=C\CCCC(=O)OC. The van der Waals surface area contributed by atoms with Gasteiger partial charge in [-0.05, 0) is 31.8 Å². The molecule has 0 bridgehead atoms.